The van der Waals surface area contributed by atoms with E-state index in [1.54, 1.807) is 82.3 Å². The fraction of sp³-hybridized carbons (Fsp3) is 0.385. The van der Waals surface area contributed by atoms with Crippen LogP contribution in [0.15, 0.2) is 48.8 Å². The van der Waals surface area contributed by atoms with Crippen LogP contribution in [0.3, 0.4) is 0 Å². The SMILES string of the molecule is CC(C)(C)OC(=O)CCNC(=O)c1ccc(-c2cn3cccc(NC(=O)OC(C)(C)C)c3n2)cc1. The Morgan fingerprint density at radius 3 is 2.23 bits per heavy atom. The smallest absolute Gasteiger partial charge is 0.412 e. The van der Waals surface area contributed by atoms with Crippen molar-refractivity contribution in [3.05, 3.63) is 54.4 Å². The van der Waals surface area contributed by atoms with Gasteiger partial charge in [0.05, 0.1) is 17.8 Å². The van der Waals surface area contributed by atoms with Crippen LogP contribution in [0.2, 0.25) is 0 Å². The maximum absolute atomic E-state index is 12.4. The molecule has 0 saturated carbocycles. The molecule has 3 aromatic rings. The molecular formula is C26H32N4O5. The molecule has 9 heteroatoms. The van der Waals surface area contributed by atoms with Crippen molar-refractivity contribution in [1.82, 2.24) is 14.7 Å². The summed E-state index contributed by atoms with van der Waals surface area (Å²) in [4.78, 5) is 41.0. The summed E-state index contributed by atoms with van der Waals surface area (Å²) >= 11 is 0. The van der Waals surface area contributed by atoms with Crippen molar-refractivity contribution in [2.45, 2.75) is 59.2 Å². The van der Waals surface area contributed by atoms with E-state index in [0.29, 0.717) is 22.6 Å². The normalized spacial score (nSPS) is 11.7. The van der Waals surface area contributed by atoms with E-state index in [4.69, 9.17) is 9.47 Å². The topological polar surface area (TPSA) is 111 Å². The molecule has 0 radical (unpaired) electrons. The summed E-state index contributed by atoms with van der Waals surface area (Å²) in [5, 5.41) is 5.47. The molecule has 2 amide bonds. The molecule has 2 heterocycles. The van der Waals surface area contributed by atoms with Crippen molar-refractivity contribution in [2.24, 2.45) is 0 Å². The third-order valence-corrected chi connectivity index (χ3v) is 4.60. The van der Waals surface area contributed by atoms with Gasteiger partial charge in [-0.2, -0.15) is 0 Å². The Labute approximate surface area is 204 Å². The fourth-order valence-corrected chi connectivity index (χ4v) is 3.23. The summed E-state index contributed by atoms with van der Waals surface area (Å²) in [5.41, 5.74) is 1.88. The van der Waals surface area contributed by atoms with Gasteiger partial charge in [0.1, 0.15) is 11.2 Å². The summed E-state index contributed by atoms with van der Waals surface area (Å²) in [6, 6.07) is 10.5. The Morgan fingerprint density at radius 1 is 0.943 bits per heavy atom. The minimum Gasteiger partial charge on any atom is -0.460 e. The molecule has 0 saturated heterocycles. The van der Waals surface area contributed by atoms with Crippen LogP contribution in [0.1, 0.15) is 58.3 Å². The van der Waals surface area contributed by atoms with E-state index in [9.17, 15) is 14.4 Å². The lowest BCUT2D eigenvalue weighted by molar-refractivity contribution is -0.154. The first-order valence-corrected chi connectivity index (χ1v) is 11.4. The molecule has 0 aliphatic carbocycles. The van der Waals surface area contributed by atoms with Crippen molar-refractivity contribution in [1.29, 1.82) is 0 Å². The number of carbonyl (C=O) groups excluding carboxylic acids is 3. The zero-order valence-corrected chi connectivity index (χ0v) is 21.0. The number of carbonyl (C=O) groups is 3. The Bertz CT molecular complexity index is 1220. The number of hydrogen-bond donors (Lipinski definition) is 2. The van der Waals surface area contributed by atoms with Crippen molar-refractivity contribution in [3.63, 3.8) is 0 Å². The number of aromatic nitrogens is 2. The second-order valence-electron chi connectivity index (χ2n) is 10.1. The lowest BCUT2D eigenvalue weighted by atomic mass is 10.1. The minimum absolute atomic E-state index is 0.0992. The number of nitrogens with zero attached hydrogens (tertiary/aromatic N) is 2. The summed E-state index contributed by atoms with van der Waals surface area (Å²) in [6.07, 6.45) is 3.21. The largest absolute Gasteiger partial charge is 0.460 e. The number of anilines is 1. The van der Waals surface area contributed by atoms with Gasteiger partial charge in [-0.1, -0.05) is 12.1 Å². The van der Waals surface area contributed by atoms with Crippen molar-refractivity contribution < 1.29 is 23.9 Å². The van der Waals surface area contributed by atoms with Gasteiger partial charge in [-0.25, -0.2) is 9.78 Å². The molecule has 2 aromatic heterocycles. The second kappa shape index (κ2) is 10.2. The number of esters is 1. The molecule has 2 N–H and O–H groups in total. The summed E-state index contributed by atoms with van der Waals surface area (Å²) in [5.74, 6) is -0.639. The minimum atomic E-state index is -0.612. The molecule has 1 aromatic carbocycles. The number of amides is 2. The summed E-state index contributed by atoms with van der Waals surface area (Å²) in [6.45, 7) is 11.0. The third-order valence-electron chi connectivity index (χ3n) is 4.60. The van der Waals surface area contributed by atoms with Crippen molar-refractivity contribution in [2.75, 3.05) is 11.9 Å². The number of pyridine rings is 1. The number of imidazole rings is 1. The van der Waals surface area contributed by atoms with Gasteiger partial charge in [0, 0.05) is 30.1 Å². The number of nitrogens with one attached hydrogen (secondary N) is 2. The monoisotopic (exact) mass is 480 g/mol. The maximum atomic E-state index is 12.4. The first-order chi connectivity index (χ1) is 16.3. The highest BCUT2D eigenvalue weighted by Gasteiger charge is 2.18. The van der Waals surface area contributed by atoms with Crippen LogP contribution in [0.25, 0.3) is 16.9 Å². The lowest BCUT2D eigenvalue weighted by Gasteiger charge is -2.19. The molecule has 9 nitrogen and oxygen atoms in total. The summed E-state index contributed by atoms with van der Waals surface area (Å²) in [7, 11) is 0. The van der Waals surface area contributed by atoms with E-state index < -0.39 is 17.3 Å². The van der Waals surface area contributed by atoms with Gasteiger partial charge in [-0.3, -0.25) is 14.9 Å². The van der Waals surface area contributed by atoms with E-state index in [1.807, 2.05) is 12.4 Å². The van der Waals surface area contributed by atoms with Gasteiger partial charge in [0.25, 0.3) is 5.91 Å². The number of fused-ring (bicyclic) bond motifs is 1. The molecule has 35 heavy (non-hydrogen) atoms. The summed E-state index contributed by atoms with van der Waals surface area (Å²) < 4.78 is 12.4. The number of rotatable bonds is 6. The zero-order valence-electron chi connectivity index (χ0n) is 21.0. The Hall–Kier alpha value is -3.88. The van der Waals surface area contributed by atoms with E-state index in [2.05, 4.69) is 15.6 Å². The van der Waals surface area contributed by atoms with Crippen molar-refractivity contribution >= 4 is 29.3 Å². The Kier molecular flexibility index (Phi) is 7.48. The average molecular weight is 481 g/mol. The van der Waals surface area contributed by atoms with Crippen LogP contribution in [-0.2, 0) is 14.3 Å². The molecular weight excluding hydrogens is 448 g/mol. The quantitative estimate of drug-likeness (QED) is 0.490. The molecule has 3 rings (SSSR count). The highest BCUT2D eigenvalue weighted by atomic mass is 16.6. The number of benzene rings is 1. The standard InChI is InChI=1S/C26H32N4O5/c1-25(2,3)34-21(31)13-14-27-23(32)18-11-9-17(10-12-18)20-16-30-15-7-8-19(22(30)28-20)29-24(33)35-26(4,5)6/h7-12,15-16H,13-14H2,1-6H3,(H,27,32)(H,29,33). The van der Waals surface area contributed by atoms with E-state index >= 15 is 0 Å². The first kappa shape index (κ1) is 25.7. The van der Waals surface area contributed by atoms with Gasteiger partial charge < -0.3 is 19.2 Å². The van der Waals surface area contributed by atoms with Gasteiger partial charge in [0.2, 0.25) is 0 Å². The molecule has 186 valence electrons. The lowest BCUT2D eigenvalue weighted by Crippen LogP contribution is -2.29. The van der Waals surface area contributed by atoms with E-state index in [1.165, 1.54) is 0 Å². The van der Waals surface area contributed by atoms with Crippen LogP contribution in [0, 0.1) is 0 Å². The molecule has 0 aliphatic heterocycles. The van der Waals surface area contributed by atoms with E-state index in [-0.39, 0.29) is 24.8 Å². The predicted molar refractivity (Wildman–Crippen MR) is 133 cm³/mol. The number of hydrogen-bond acceptors (Lipinski definition) is 6. The van der Waals surface area contributed by atoms with Crippen LogP contribution in [0.5, 0.6) is 0 Å². The third kappa shape index (κ3) is 7.56. The number of ether oxygens (including phenoxy) is 2. The van der Waals surface area contributed by atoms with Crippen LogP contribution >= 0.6 is 0 Å². The van der Waals surface area contributed by atoms with Crippen molar-refractivity contribution in [3.8, 4) is 11.3 Å². The van der Waals surface area contributed by atoms with Gasteiger partial charge >= 0.3 is 12.1 Å². The molecule has 0 aliphatic rings. The highest BCUT2D eigenvalue weighted by molar-refractivity contribution is 5.95. The molecule has 0 fully saturated rings. The Balaban J connectivity index is 1.66. The fourth-order valence-electron chi connectivity index (χ4n) is 3.23. The average Bonchev–Trinajstić information content (AvgIpc) is 3.16. The zero-order chi connectivity index (χ0) is 25.8. The molecule has 0 spiro atoms. The Morgan fingerprint density at radius 2 is 1.60 bits per heavy atom. The van der Waals surface area contributed by atoms with Crippen LogP contribution < -0.4 is 10.6 Å². The van der Waals surface area contributed by atoms with Gasteiger partial charge in [0.15, 0.2) is 5.65 Å². The van der Waals surface area contributed by atoms with Crippen LogP contribution in [-0.4, -0.2) is 45.1 Å². The first-order valence-electron chi connectivity index (χ1n) is 11.4. The van der Waals surface area contributed by atoms with Gasteiger partial charge in [-0.15, -0.1) is 0 Å². The molecule has 0 atom stereocenters. The van der Waals surface area contributed by atoms with Gasteiger partial charge in [-0.05, 0) is 65.8 Å². The van der Waals surface area contributed by atoms with E-state index in [0.717, 1.165) is 5.56 Å². The van der Waals surface area contributed by atoms with Crippen LogP contribution in [0.4, 0.5) is 10.5 Å². The molecule has 0 bridgehead atoms. The second-order valence-corrected chi connectivity index (χ2v) is 10.1. The highest BCUT2D eigenvalue weighted by Crippen LogP contribution is 2.24. The molecule has 0 unspecified atom stereocenters. The predicted octanol–water partition coefficient (Wildman–Crippen LogP) is 4.81. The maximum Gasteiger partial charge on any atom is 0.412 e.